The quantitative estimate of drug-likeness (QED) is 0.859. The van der Waals surface area contributed by atoms with Crippen LogP contribution in [0.3, 0.4) is 0 Å². The zero-order valence-corrected chi connectivity index (χ0v) is 9.94. The van der Waals surface area contributed by atoms with E-state index < -0.39 is 18.4 Å². The molecule has 1 heterocycles. The fourth-order valence-electron chi connectivity index (χ4n) is 1.92. The van der Waals surface area contributed by atoms with E-state index in [-0.39, 0.29) is 36.5 Å². The van der Waals surface area contributed by atoms with Crippen molar-refractivity contribution in [3.05, 3.63) is 23.3 Å². The average Bonchev–Trinajstić information content (AvgIpc) is 2.81. The highest BCUT2D eigenvalue weighted by Gasteiger charge is 2.24. The van der Waals surface area contributed by atoms with Crippen LogP contribution >= 0.6 is 0 Å². The van der Waals surface area contributed by atoms with Gasteiger partial charge in [0.05, 0.1) is 0 Å². The molecule has 0 aliphatic carbocycles. The standard InChI is InChI=1S/C12H13F2NO4/c13-12(14)7-4-10-9(18-5-19-10)3-6(7)8(15)1-2-11(16)17/h3-4,8,12H,1-2,5,15H2,(H,16,17). The predicted octanol–water partition coefficient (Wildman–Crippen LogP) is 2.22. The van der Waals surface area contributed by atoms with Crippen LogP contribution in [0.5, 0.6) is 11.5 Å². The number of alkyl halides is 2. The Morgan fingerprint density at radius 2 is 1.89 bits per heavy atom. The molecule has 1 unspecified atom stereocenters. The normalized spacial score (nSPS) is 14.7. The van der Waals surface area contributed by atoms with Crippen molar-refractivity contribution < 1.29 is 28.2 Å². The summed E-state index contributed by atoms with van der Waals surface area (Å²) in [5.41, 5.74) is 5.73. The summed E-state index contributed by atoms with van der Waals surface area (Å²) in [5, 5.41) is 8.59. The smallest absolute Gasteiger partial charge is 0.303 e. The number of benzene rings is 1. The molecule has 0 aromatic heterocycles. The summed E-state index contributed by atoms with van der Waals surface area (Å²) in [6.45, 7) is -0.0220. The molecule has 0 fully saturated rings. The number of hydrogen-bond donors (Lipinski definition) is 2. The fourth-order valence-corrected chi connectivity index (χ4v) is 1.92. The summed E-state index contributed by atoms with van der Waals surface area (Å²) in [5.74, 6) is -0.413. The lowest BCUT2D eigenvalue weighted by atomic mass is 9.97. The Bertz CT molecular complexity index is 493. The lowest BCUT2D eigenvalue weighted by molar-refractivity contribution is -0.137. The number of carboxylic acids is 1. The summed E-state index contributed by atoms with van der Waals surface area (Å²) in [7, 11) is 0. The number of rotatable bonds is 5. The molecule has 0 spiro atoms. The highest BCUT2D eigenvalue weighted by Crippen LogP contribution is 2.40. The van der Waals surface area contributed by atoms with Gasteiger partial charge in [-0.25, -0.2) is 8.78 Å². The first-order valence-corrected chi connectivity index (χ1v) is 5.68. The number of ether oxygens (including phenoxy) is 2. The van der Waals surface area contributed by atoms with Crippen LogP contribution in [0.1, 0.15) is 36.4 Å². The van der Waals surface area contributed by atoms with Gasteiger partial charge in [0.25, 0.3) is 6.43 Å². The Hall–Kier alpha value is -1.89. The fraction of sp³-hybridized carbons (Fsp3) is 0.417. The largest absolute Gasteiger partial charge is 0.481 e. The monoisotopic (exact) mass is 273 g/mol. The van der Waals surface area contributed by atoms with E-state index in [1.54, 1.807) is 0 Å². The Labute approximate surface area is 107 Å². The Morgan fingerprint density at radius 1 is 1.32 bits per heavy atom. The van der Waals surface area contributed by atoms with Crippen molar-refractivity contribution in [2.45, 2.75) is 25.3 Å². The average molecular weight is 273 g/mol. The van der Waals surface area contributed by atoms with Gasteiger partial charge in [-0.1, -0.05) is 0 Å². The van der Waals surface area contributed by atoms with E-state index in [0.717, 1.165) is 0 Å². The van der Waals surface area contributed by atoms with E-state index in [0.29, 0.717) is 5.75 Å². The summed E-state index contributed by atoms with van der Waals surface area (Å²) in [6, 6.07) is 1.81. The van der Waals surface area contributed by atoms with E-state index in [4.69, 9.17) is 20.3 Å². The zero-order valence-electron chi connectivity index (χ0n) is 9.94. The first kappa shape index (κ1) is 13.5. The van der Waals surface area contributed by atoms with E-state index in [1.165, 1.54) is 12.1 Å². The first-order chi connectivity index (χ1) is 8.99. The van der Waals surface area contributed by atoms with Crippen molar-refractivity contribution >= 4 is 5.97 Å². The molecule has 0 bridgehead atoms. The predicted molar refractivity (Wildman–Crippen MR) is 61.3 cm³/mol. The summed E-state index contributed by atoms with van der Waals surface area (Å²) in [6.07, 6.45) is -2.81. The Morgan fingerprint density at radius 3 is 2.42 bits per heavy atom. The highest BCUT2D eigenvalue weighted by molar-refractivity contribution is 5.66. The van der Waals surface area contributed by atoms with E-state index in [1.807, 2.05) is 0 Å². The maximum absolute atomic E-state index is 13.0. The summed E-state index contributed by atoms with van der Waals surface area (Å²) in [4.78, 5) is 10.5. The van der Waals surface area contributed by atoms with Gasteiger partial charge in [0.1, 0.15) is 0 Å². The third-order valence-electron chi connectivity index (χ3n) is 2.88. The van der Waals surface area contributed by atoms with Gasteiger partial charge < -0.3 is 20.3 Å². The van der Waals surface area contributed by atoms with Crippen LogP contribution in [0, 0.1) is 0 Å². The minimum absolute atomic E-state index is 0.0220. The maximum Gasteiger partial charge on any atom is 0.303 e. The van der Waals surface area contributed by atoms with Gasteiger partial charge in [0.2, 0.25) is 6.79 Å². The lowest BCUT2D eigenvalue weighted by Crippen LogP contribution is -2.14. The summed E-state index contributed by atoms with van der Waals surface area (Å²) < 4.78 is 36.1. The molecular formula is C12H13F2NO4. The highest BCUT2D eigenvalue weighted by atomic mass is 19.3. The van der Waals surface area contributed by atoms with Crippen LogP contribution in [0.15, 0.2) is 12.1 Å². The molecule has 5 nitrogen and oxygen atoms in total. The van der Waals surface area contributed by atoms with E-state index >= 15 is 0 Å². The van der Waals surface area contributed by atoms with Crippen LogP contribution in [0.2, 0.25) is 0 Å². The lowest BCUT2D eigenvalue weighted by Gasteiger charge is -2.16. The molecule has 19 heavy (non-hydrogen) atoms. The van der Waals surface area contributed by atoms with Gasteiger partial charge in [-0.05, 0) is 24.1 Å². The van der Waals surface area contributed by atoms with Gasteiger partial charge in [-0.15, -0.1) is 0 Å². The second-order valence-electron chi connectivity index (χ2n) is 4.17. The van der Waals surface area contributed by atoms with Gasteiger partial charge in [-0.3, -0.25) is 4.79 Å². The van der Waals surface area contributed by atoms with Crippen LogP contribution in [0.4, 0.5) is 8.78 Å². The van der Waals surface area contributed by atoms with Crippen molar-refractivity contribution in [2.24, 2.45) is 5.73 Å². The number of aliphatic carboxylic acids is 1. The second kappa shape index (κ2) is 5.40. The minimum Gasteiger partial charge on any atom is -0.481 e. The second-order valence-corrected chi connectivity index (χ2v) is 4.17. The van der Waals surface area contributed by atoms with Gasteiger partial charge >= 0.3 is 5.97 Å². The van der Waals surface area contributed by atoms with Crippen LogP contribution in [0.25, 0.3) is 0 Å². The number of hydrogen-bond acceptors (Lipinski definition) is 4. The number of fused-ring (bicyclic) bond motifs is 1. The molecule has 0 saturated heterocycles. The molecule has 104 valence electrons. The number of carboxylic acid groups (broad SMARTS) is 1. The Kier molecular flexibility index (Phi) is 3.84. The molecule has 1 aromatic rings. The van der Waals surface area contributed by atoms with Crippen LogP contribution in [-0.4, -0.2) is 17.9 Å². The summed E-state index contributed by atoms with van der Waals surface area (Å²) >= 11 is 0. The van der Waals surface area contributed by atoms with E-state index in [2.05, 4.69) is 0 Å². The molecule has 7 heteroatoms. The number of carbonyl (C=O) groups is 1. The SMILES string of the molecule is NC(CCC(=O)O)c1cc2c(cc1C(F)F)OCO2. The molecular weight excluding hydrogens is 260 g/mol. The van der Waals surface area contributed by atoms with Crippen molar-refractivity contribution in [1.29, 1.82) is 0 Å². The topological polar surface area (TPSA) is 81.8 Å². The molecule has 1 aromatic carbocycles. The zero-order chi connectivity index (χ0) is 14.0. The number of nitrogens with two attached hydrogens (primary N) is 1. The van der Waals surface area contributed by atoms with Crippen molar-refractivity contribution in [2.75, 3.05) is 6.79 Å². The first-order valence-electron chi connectivity index (χ1n) is 5.68. The number of halogens is 2. The maximum atomic E-state index is 13.0. The van der Waals surface area contributed by atoms with Crippen molar-refractivity contribution in [3.8, 4) is 11.5 Å². The molecule has 3 N–H and O–H groups in total. The third-order valence-corrected chi connectivity index (χ3v) is 2.88. The van der Waals surface area contributed by atoms with E-state index in [9.17, 15) is 13.6 Å². The van der Waals surface area contributed by atoms with Gasteiger partial charge in [-0.2, -0.15) is 0 Å². The molecule has 0 radical (unpaired) electrons. The molecule has 1 aliphatic heterocycles. The van der Waals surface area contributed by atoms with Gasteiger partial charge in [0, 0.05) is 18.0 Å². The Balaban J connectivity index is 2.29. The molecule has 0 saturated carbocycles. The molecule has 1 atom stereocenters. The third kappa shape index (κ3) is 2.93. The minimum atomic E-state index is -2.71. The molecule has 0 amide bonds. The molecule has 2 rings (SSSR count). The van der Waals surface area contributed by atoms with Crippen LogP contribution in [-0.2, 0) is 4.79 Å². The van der Waals surface area contributed by atoms with Crippen molar-refractivity contribution in [3.63, 3.8) is 0 Å². The van der Waals surface area contributed by atoms with Crippen molar-refractivity contribution in [1.82, 2.24) is 0 Å². The van der Waals surface area contributed by atoms with Gasteiger partial charge in [0.15, 0.2) is 11.5 Å². The van der Waals surface area contributed by atoms with Crippen LogP contribution < -0.4 is 15.2 Å². The molecule has 1 aliphatic rings.